The molecule has 0 spiro atoms. The molecule has 0 aliphatic rings. The van der Waals surface area contributed by atoms with Crippen LogP contribution in [0.5, 0.6) is 0 Å². The fourth-order valence-electron chi connectivity index (χ4n) is 2.43. The highest BCUT2D eigenvalue weighted by molar-refractivity contribution is 7.71. The topological polar surface area (TPSA) is 120 Å². The van der Waals surface area contributed by atoms with E-state index in [1.54, 1.807) is 37.4 Å². The van der Waals surface area contributed by atoms with Crippen LogP contribution in [0, 0.1) is 11.7 Å². The van der Waals surface area contributed by atoms with Crippen LogP contribution < -0.4 is 5.56 Å². The number of nitrogens with one attached hydrogen (secondary N) is 3. The standard InChI is InChI=1S/C15H11ClN8OS/c1-7-11(21-20-9-4-2-8(16)3-5-9)14(25)24(23-7)13-10-6-17-22-12(10)18-15(26)19-13/h2-6,23H,1H3,(H2,17,18,19,22,26). The van der Waals surface area contributed by atoms with Crippen molar-refractivity contribution in [2.24, 2.45) is 10.2 Å². The molecule has 0 atom stereocenters. The molecule has 26 heavy (non-hydrogen) atoms. The largest absolute Gasteiger partial charge is 0.315 e. The van der Waals surface area contributed by atoms with Crippen molar-refractivity contribution in [3.8, 4) is 5.82 Å². The molecule has 3 N–H and O–H groups in total. The summed E-state index contributed by atoms with van der Waals surface area (Å²) in [7, 11) is 0. The summed E-state index contributed by atoms with van der Waals surface area (Å²) in [4.78, 5) is 19.9. The first kappa shape index (κ1) is 16.4. The smallest absolute Gasteiger partial charge is 0.300 e. The molecule has 0 saturated heterocycles. The van der Waals surface area contributed by atoms with E-state index in [4.69, 9.17) is 23.8 Å². The maximum absolute atomic E-state index is 12.8. The number of benzene rings is 1. The Morgan fingerprint density at radius 1 is 1.23 bits per heavy atom. The van der Waals surface area contributed by atoms with Crippen LogP contribution in [0.3, 0.4) is 0 Å². The summed E-state index contributed by atoms with van der Waals surface area (Å²) in [6.45, 7) is 1.73. The first-order valence-electron chi connectivity index (χ1n) is 7.45. The third-order valence-corrected chi connectivity index (χ3v) is 4.11. The van der Waals surface area contributed by atoms with E-state index in [2.05, 4.69) is 35.5 Å². The summed E-state index contributed by atoms with van der Waals surface area (Å²) in [6.07, 6.45) is 1.56. The van der Waals surface area contributed by atoms with Gasteiger partial charge in [-0.2, -0.15) is 19.9 Å². The van der Waals surface area contributed by atoms with Gasteiger partial charge in [-0.15, -0.1) is 5.11 Å². The van der Waals surface area contributed by atoms with Gasteiger partial charge in [0, 0.05) is 5.02 Å². The van der Waals surface area contributed by atoms with Gasteiger partial charge in [0.15, 0.2) is 16.3 Å². The minimum absolute atomic E-state index is 0.178. The van der Waals surface area contributed by atoms with E-state index in [1.165, 1.54) is 4.68 Å². The minimum Gasteiger partial charge on any atom is -0.315 e. The molecular formula is C15H11ClN8OS. The molecule has 4 aromatic rings. The van der Waals surface area contributed by atoms with Crippen molar-refractivity contribution < 1.29 is 0 Å². The van der Waals surface area contributed by atoms with E-state index in [-0.39, 0.29) is 10.5 Å². The highest BCUT2D eigenvalue weighted by Gasteiger charge is 2.16. The van der Waals surface area contributed by atoms with Gasteiger partial charge in [0.2, 0.25) is 0 Å². The van der Waals surface area contributed by atoms with Crippen molar-refractivity contribution in [3.63, 3.8) is 0 Å². The van der Waals surface area contributed by atoms with Crippen LogP contribution in [-0.2, 0) is 0 Å². The molecule has 0 fully saturated rings. The maximum Gasteiger partial charge on any atom is 0.300 e. The molecule has 11 heteroatoms. The van der Waals surface area contributed by atoms with Gasteiger partial charge >= 0.3 is 5.56 Å². The van der Waals surface area contributed by atoms with Gasteiger partial charge in [0.1, 0.15) is 5.65 Å². The predicted octanol–water partition coefficient (Wildman–Crippen LogP) is 3.87. The Kier molecular flexibility index (Phi) is 3.98. The molecule has 4 rings (SSSR count). The van der Waals surface area contributed by atoms with Crippen LogP contribution >= 0.6 is 23.8 Å². The number of azo groups is 1. The first-order chi connectivity index (χ1) is 12.5. The maximum atomic E-state index is 12.8. The number of halogens is 1. The second-order valence-corrected chi connectivity index (χ2v) is 6.25. The van der Waals surface area contributed by atoms with E-state index in [1.807, 2.05) is 0 Å². The summed E-state index contributed by atoms with van der Waals surface area (Å²) < 4.78 is 1.49. The van der Waals surface area contributed by atoms with Crippen molar-refractivity contribution in [1.29, 1.82) is 0 Å². The van der Waals surface area contributed by atoms with Crippen LogP contribution in [-0.4, -0.2) is 29.9 Å². The van der Waals surface area contributed by atoms with Crippen molar-refractivity contribution in [3.05, 3.63) is 56.3 Å². The lowest BCUT2D eigenvalue weighted by Gasteiger charge is -2.01. The zero-order chi connectivity index (χ0) is 18.3. The lowest BCUT2D eigenvalue weighted by Crippen LogP contribution is -2.16. The normalized spacial score (nSPS) is 11.6. The van der Waals surface area contributed by atoms with Gasteiger partial charge in [-0.3, -0.25) is 15.0 Å². The summed E-state index contributed by atoms with van der Waals surface area (Å²) in [5, 5.41) is 19.0. The minimum atomic E-state index is -0.393. The monoisotopic (exact) mass is 386 g/mol. The summed E-state index contributed by atoms with van der Waals surface area (Å²) >= 11 is 11.0. The quantitative estimate of drug-likeness (QED) is 0.365. The zero-order valence-corrected chi connectivity index (χ0v) is 14.9. The number of aromatic nitrogens is 6. The molecule has 0 saturated carbocycles. The Labute approximate surface area is 155 Å². The number of rotatable bonds is 3. The molecular weight excluding hydrogens is 376 g/mol. The number of hydrogen-bond acceptors (Lipinski definition) is 6. The average Bonchev–Trinajstić information content (AvgIpc) is 3.19. The molecule has 0 radical (unpaired) electrons. The molecule has 0 bridgehead atoms. The summed E-state index contributed by atoms with van der Waals surface area (Å²) in [5.41, 5.74) is 1.49. The Hall–Kier alpha value is -3.11. The Balaban J connectivity index is 1.82. The van der Waals surface area contributed by atoms with Gasteiger partial charge in [0.25, 0.3) is 0 Å². The van der Waals surface area contributed by atoms with Gasteiger partial charge < -0.3 is 4.98 Å². The van der Waals surface area contributed by atoms with E-state index in [0.717, 1.165) is 0 Å². The number of aryl methyl sites for hydroxylation is 1. The van der Waals surface area contributed by atoms with E-state index < -0.39 is 5.56 Å². The Morgan fingerprint density at radius 3 is 2.77 bits per heavy atom. The van der Waals surface area contributed by atoms with E-state index in [0.29, 0.717) is 33.3 Å². The van der Waals surface area contributed by atoms with Gasteiger partial charge in [-0.1, -0.05) is 11.6 Å². The lowest BCUT2D eigenvalue weighted by atomic mass is 10.3. The SMILES string of the molecule is Cc1[nH]n(-c2nc(=S)[nH]c3[nH]ncc23)c(=O)c1N=Nc1ccc(Cl)cc1. The highest BCUT2D eigenvalue weighted by Crippen LogP contribution is 2.21. The van der Waals surface area contributed by atoms with Gasteiger partial charge in [0.05, 0.1) is 23.0 Å². The fraction of sp³-hybridized carbons (Fsp3) is 0.0667. The molecule has 0 unspecified atom stereocenters. The summed E-state index contributed by atoms with van der Waals surface area (Å²) in [5.74, 6) is 0.332. The molecule has 9 nitrogen and oxygen atoms in total. The predicted molar refractivity (Wildman–Crippen MR) is 99.4 cm³/mol. The average molecular weight is 387 g/mol. The van der Waals surface area contributed by atoms with E-state index in [9.17, 15) is 4.79 Å². The number of H-pyrrole nitrogens is 3. The number of fused-ring (bicyclic) bond motifs is 1. The number of hydrogen-bond donors (Lipinski definition) is 3. The lowest BCUT2D eigenvalue weighted by molar-refractivity contribution is 0.809. The fourth-order valence-corrected chi connectivity index (χ4v) is 2.75. The molecule has 0 aliphatic heterocycles. The second-order valence-electron chi connectivity index (χ2n) is 5.43. The van der Waals surface area contributed by atoms with Gasteiger partial charge in [-0.05, 0) is 43.4 Å². The molecule has 3 heterocycles. The number of nitrogens with zero attached hydrogens (tertiary/aromatic N) is 5. The summed E-state index contributed by atoms with van der Waals surface area (Å²) in [6, 6.07) is 6.81. The zero-order valence-electron chi connectivity index (χ0n) is 13.3. The second kappa shape index (κ2) is 6.32. The van der Waals surface area contributed by atoms with Crippen molar-refractivity contribution >= 4 is 46.2 Å². The molecule has 0 amide bonds. The number of aromatic amines is 3. The van der Waals surface area contributed by atoms with Crippen molar-refractivity contribution in [1.82, 2.24) is 29.9 Å². The van der Waals surface area contributed by atoms with Crippen LogP contribution in [0.25, 0.3) is 16.9 Å². The Bertz CT molecular complexity index is 1250. The van der Waals surface area contributed by atoms with Crippen LogP contribution in [0.15, 0.2) is 45.5 Å². The highest BCUT2D eigenvalue weighted by atomic mass is 35.5. The molecule has 3 aromatic heterocycles. The van der Waals surface area contributed by atoms with Crippen LogP contribution in [0.1, 0.15) is 5.69 Å². The molecule has 0 aliphatic carbocycles. The molecule has 130 valence electrons. The van der Waals surface area contributed by atoms with Crippen molar-refractivity contribution in [2.75, 3.05) is 0 Å². The first-order valence-corrected chi connectivity index (χ1v) is 8.24. The third kappa shape index (κ3) is 2.85. The van der Waals surface area contributed by atoms with Crippen LogP contribution in [0.2, 0.25) is 5.02 Å². The van der Waals surface area contributed by atoms with Gasteiger partial charge in [-0.25, -0.2) is 0 Å². The van der Waals surface area contributed by atoms with Crippen molar-refractivity contribution in [2.45, 2.75) is 6.92 Å². The van der Waals surface area contributed by atoms with E-state index >= 15 is 0 Å². The Morgan fingerprint density at radius 2 is 2.00 bits per heavy atom. The van der Waals surface area contributed by atoms with Crippen LogP contribution in [0.4, 0.5) is 11.4 Å². The molecule has 1 aromatic carbocycles. The third-order valence-electron chi connectivity index (χ3n) is 3.66.